The molecule has 1 aliphatic heterocycles. The maximum Gasteiger partial charge on any atom is 0.247 e. The molecule has 19 heavy (non-hydrogen) atoms. The highest BCUT2D eigenvalue weighted by molar-refractivity contribution is 7.89. The van der Waals surface area contributed by atoms with Gasteiger partial charge in [-0.05, 0) is 33.3 Å². The molecule has 2 rings (SSSR count). The van der Waals surface area contributed by atoms with Gasteiger partial charge in [-0.15, -0.1) is 0 Å². The number of nitrogens with zero attached hydrogens (tertiary/aromatic N) is 1. The molecule has 0 N–H and O–H groups in total. The Balaban J connectivity index is 2.46. The van der Waals surface area contributed by atoms with Crippen LogP contribution in [0.25, 0.3) is 0 Å². The number of sulfonamides is 1. The van der Waals surface area contributed by atoms with Crippen molar-refractivity contribution in [3.8, 4) is 0 Å². The Morgan fingerprint density at radius 1 is 1.42 bits per heavy atom. The van der Waals surface area contributed by atoms with Gasteiger partial charge in [-0.25, -0.2) is 8.42 Å². The number of aryl methyl sites for hydroxylation is 2. The summed E-state index contributed by atoms with van der Waals surface area (Å²) in [5, 5.41) is 0. The molecule has 0 bridgehead atoms. The van der Waals surface area contributed by atoms with E-state index in [9.17, 15) is 8.42 Å². The Labute approximate surface area is 114 Å². The van der Waals surface area contributed by atoms with E-state index in [1.54, 1.807) is 24.2 Å². The number of hydrogen-bond donors (Lipinski definition) is 0. The monoisotopic (exact) mass is 287 g/mol. The van der Waals surface area contributed by atoms with Crippen molar-refractivity contribution in [1.29, 1.82) is 0 Å². The summed E-state index contributed by atoms with van der Waals surface area (Å²) in [6, 6.07) is 1.59. The Kier molecular flexibility index (Phi) is 3.77. The molecule has 2 heterocycles. The van der Waals surface area contributed by atoms with E-state index in [0.29, 0.717) is 37.7 Å². The van der Waals surface area contributed by atoms with Gasteiger partial charge in [0.1, 0.15) is 16.4 Å². The highest BCUT2D eigenvalue weighted by atomic mass is 32.2. The van der Waals surface area contributed by atoms with E-state index < -0.39 is 15.6 Å². The Hall–Kier alpha value is -0.850. The molecule has 0 spiro atoms. The number of furan rings is 1. The van der Waals surface area contributed by atoms with E-state index in [-0.39, 0.29) is 4.90 Å². The van der Waals surface area contributed by atoms with Crippen molar-refractivity contribution in [2.45, 2.75) is 44.6 Å². The van der Waals surface area contributed by atoms with Gasteiger partial charge in [-0.1, -0.05) is 6.92 Å². The van der Waals surface area contributed by atoms with Gasteiger partial charge in [0.15, 0.2) is 0 Å². The van der Waals surface area contributed by atoms with Crippen molar-refractivity contribution in [3.05, 3.63) is 17.6 Å². The minimum absolute atomic E-state index is 0.270. The van der Waals surface area contributed by atoms with Gasteiger partial charge in [0, 0.05) is 6.54 Å². The van der Waals surface area contributed by atoms with Gasteiger partial charge in [-0.3, -0.25) is 0 Å². The van der Waals surface area contributed by atoms with Crippen LogP contribution >= 0.6 is 0 Å². The Morgan fingerprint density at radius 2 is 2.11 bits per heavy atom. The fourth-order valence-electron chi connectivity index (χ4n) is 2.45. The highest BCUT2D eigenvalue weighted by Crippen LogP contribution is 2.32. The molecule has 0 amide bonds. The van der Waals surface area contributed by atoms with Crippen LogP contribution in [0.2, 0.25) is 0 Å². The molecular formula is C13H21NO4S. The average Bonchev–Trinajstić information content (AvgIpc) is 2.69. The van der Waals surface area contributed by atoms with Crippen molar-refractivity contribution in [2.24, 2.45) is 0 Å². The number of ether oxygens (including phenoxy) is 1. The molecule has 6 heteroatoms. The zero-order valence-electron chi connectivity index (χ0n) is 11.9. The van der Waals surface area contributed by atoms with E-state index >= 15 is 0 Å². The Bertz CT molecular complexity index is 563. The number of morpholine rings is 1. The first kappa shape index (κ1) is 14.6. The predicted octanol–water partition coefficient (Wildman–Crippen LogP) is 2.09. The van der Waals surface area contributed by atoms with Crippen LogP contribution in [0.1, 0.15) is 31.8 Å². The summed E-state index contributed by atoms with van der Waals surface area (Å²) < 4.78 is 38.0. The van der Waals surface area contributed by atoms with Crippen LogP contribution in [0.5, 0.6) is 0 Å². The molecule has 0 aromatic carbocycles. The molecule has 108 valence electrons. The quantitative estimate of drug-likeness (QED) is 0.854. The lowest BCUT2D eigenvalue weighted by molar-refractivity contribution is -0.0186. The molecule has 0 saturated carbocycles. The van der Waals surface area contributed by atoms with E-state index in [1.807, 2.05) is 13.8 Å². The molecule has 1 aromatic heterocycles. The summed E-state index contributed by atoms with van der Waals surface area (Å²) >= 11 is 0. The third-order valence-electron chi connectivity index (χ3n) is 3.78. The third kappa shape index (κ3) is 2.44. The van der Waals surface area contributed by atoms with Crippen molar-refractivity contribution < 1.29 is 17.6 Å². The SMILES string of the molecule is CCC1(C)COCCN1S(=O)(=O)c1cc(C)oc1C. The fraction of sp³-hybridized carbons (Fsp3) is 0.692. The summed E-state index contributed by atoms with van der Waals surface area (Å²) in [4.78, 5) is 0.270. The number of hydrogen-bond acceptors (Lipinski definition) is 4. The molecule has 0 aliphatic carbocycles. The van der Waals surface area contributed by atoms with Gasteiger partial charge in [0.05, 0.1) is 18.8 Å². The third-order valence-corrected chi connectivity index (χ3v) is 5.94. The second-order valence-corrected chi connectivity index (χ2v) is 7.09. The van der Waals surface area contributed by atoms with E-state index in [0.717, 1.165) is 0 Å². The molecule has 1 unspecified atom stereocenters. The molecule has 1 atom stereocenters. The second-order valence-electron chi connectivity index (χ2n) is 5.26. The predicted molar refractivity (Wildman–Crippen MR) is 71.6 cm³/mol. The van der Waals surface area contributed by atoms with Crippen LogP contribution in [0.4, 0.5) is 0 Å². The highest BCUT2D eigenvalue weighted by Gasteiger charge is 2.43. The van der Waals surface area contributed by atoms with Crippen LogP contribution in [-0.4, -0.2) is 38.0 Å². The average molecular weight is 287 g/mol. The second kappa shape index (κ2) is 4.92. The maximum atomic E-state index is 12.8. The summed E-state index contributed by atoms with van der Waals surface area (Å²) in [6.07, 6.45) is 0.710. The summed E-state index contributed by atoms with van der Waals surface area (Å²) in [5.74, 6) is 1.06. The molecule has 1 aromatic rings. The zero-order chi connectivity index (χ0) is 14.3. The van der Waals surface area contributed by atoms with E-state index in [2.05, 4.69) is 0 Å². The van der Waals surface area contributed by atoms with Crippen LogP contribution < -0.4 is 0 Å². The first-order chi connectivity index (χ1) is 8.81. The van der Waals surface area contributed by atoms with Crippen molar-refractivity contribution in [3.63, 3.8) is 0 Å². The zero-order valence-corrected chi connectivity index (χ0v) is 12.7. The summed E-state index contributed by atoms with van der Waals surface area (Å²) in [5.41, 5.74) is -0.491. The smallest absolute Gasteiger partial charge is 0.247 e. The van der Waals surface area contributed by atoms with Crippen LogP contribution in [0.15, 0.2) is 15.4 Å². The fourth-order valence-corrected chi connectivity index (χ4v) is 4.49. The van der Waals surface area contributed by atoms with Gasteiger partial charge in [0.25, 0.3) is 0 Å². The lowest BCUT2D eigenvalue weighted by Gasteiger charge is -2.42. The summed E-state index contributed by atoms with van der Waals surface area (Å²) in [7, 11) is -3.53. The van der Waals surface area contributed by atoms with E-state index in [4.69, 9.17) is 9.15 Å². The lowest BCUT2D eigenvalue weighted by atomic mass is 9.99. The number of rotatable bonds is 3. The van der Waals surface area contributed by atoms with Crippen molar-refractivity contribution in [2.75, 3.05) is 19.8 Å². The first-order valence-electron chi connectivity index (χ1n) is 6.49. The van der Waals surface area contributed by atoms with Gasteiger partial charge >= 0.3 is 0 Å². The van der Waals surface area contributed by atoms with Crippen LogP contribution in [0.3, 0.4) is 0 Å². The van der Waals surface area contributed by atoms with Gasteiger partial charge in [-0.2, -0.15) is 4.31 Å². The lowest BCUT2D eigenvalue weighted by Crippen LogP contribution is -2.56. The summed E-state index contributed by atoms with van der Waals surface area (Å²) in [6.45, 7) is 8.59. The molecule has 0 radical (unpaired) electrons. The van der Waals surface area contributed by atoms with Crippen LogP contribution in [0, 0.1) is 13.8 Å². The topological polar surface area (TPSA) is 59.8 Å². The molecule has 1 aliphatic rings. The molecular weight excluding hydrogens is 266 g/mol. The minimum Gasteiger partial charge on any atom is -0.465 e. The minimum atomic E-state index is -3.53. The van der Waals surface area contributed by atoms with Crippen molar-refractivity contribution >= 4 is 10.0 Å². The van der Waals surface area contributed by atoms with E-state index in [1.165, 1.54) is 0 Å². The molecule has 1 saturated heterocycles. The first-order valence-corrected chi connectivity index (χ1v) is 7.93. The van der Waals surface area contributed by atoms with Gasteiger partial charge < -0.3 is 9.15 Å². The van der Waals surface area contributed by atoms with Crippen molar-refractivity contribution in [1.82, 2.24) is 4.31 Å². The molecule has 5 nitrogen and oxygen atoms in total. The standard InChI is InChI=1S/C13H21NO4S/c1-5-13(4)9-17-7-6-14(13)19(15,16)12-8-10(2)18-11(12)3/h8H,5-7,9H2,1-4H3. The van der Waals surface area contributed by atoms with Crippen LogP contribution in [-0.2, 0) is 14.8 Å². The Morgan fingerprint density at radius 3 is 2.63 bits per heavy atom. The maximum absolute atomic E-state index is 12.8. The largest absolute Gasteiger partial charge is 0.465 e. The van der Waals surface area contributed by atoms with Gasteiger partial charge in [0.2, 0.25) is 10.0 Å². The normalized spacial score (nSPS) is 25.7. The molecule has 1 fully saturated rings.